The molecule has 1 aromatic carbocycles. The second-order valence-electron chi connectivity index (χ2n) is 7.78. The molecule has 1 amide bonds. The highest BCUT2D eigenvalue weighted by atomic mass is 16.5. The van der Waals surface area contributed by atoms with Gasteiger partial charge in [0.1, 0.15) is 0 Å². The largest absolute Gasteiger partial charge is 0.379 e. The number of carbonyl (C=O) groups is 1. The second kappa shape index (κ2) is 8.28. The molecule has 2 aliphatic heterocycles. The van der Waals surface area contributed by atoms with E-state index in [-0.39, 0.29) is 5.91 Å². The summed E-state index contributed by atoms with van der Waals surface area (Å²) in [6.45, 7) is 8.53. The van der Waals surface area contributed by atoms with Gasteiger partial charge >= 0.3 is 0 Å². The molecule has 0 spiro atoms. The number of amides is 1. The van der Waals surface area contributed by atoms with Crippen molar-refractivity contribution in [1.29, 1.82) is 0 Å². The first kappa shape index (κ1) is 18.3. The number of benzene rings is 1. The number of hydrogen-bond donors (Lipinski definition) is 0. The predicted octanol–water partition coefficient (Wildman–Crippen LogP) is 2.97. The molecule has 27 heavy (non-hydrogen) atoms. The summed E-state index contributed by atoms with van der Waals surface area (Å²) < 4.78 is 7.49. The van der Waals surface area contributed by atoms with Gasteiger partial charge in [-0.1, -0.05) is 11.6 Å². The average molecular weight is 367 g/mol. The van der Waals surface area contributed by atoms with Gasteiger partial charge in [0, 0.05) is 45.1 Å². The fraction of sp³-hybridized carbons (Fsp3) is 0.500. The normalized spacial score (nSPS) is 21.4. The van der Waals surface area contributed by atoms with Gasteiger partial charge in [0.2, 0.25) is 0 Å². The number of ether oxygens (including phenoxy) is 1. The van der Waals surface area contributed by atoms with Crippen molar-refractivity contribution in [3.63, 3.8) is 0 Å². The van der Waals surface area contributed by atoms with E-state index in [0.717, 1.165) is 69.2 Å². The zero-order valence-electron chi connectivity index (χ0n) is 16.1. The Balaban J connectivity index is 1.50. The van der Waals surface area contributed by atoms with E-state index in [9.17, 15) is 4.79 Å². The van der Waals surface area contributed by atoms with Crippen LogP contribution in [0.2, 0.25) is 0 Å². The van der Waals surface area contributed by atoms with Gasteiger partial charge in [-0.2, -0.15) is 0 Å². The van der Waals surface area contributed by atoms with E-state index in [1.165, 1.54) is 6.42 Å². The molecular formula is C22H29N3O2. The maximum atomic E-state index is 13.4. The number of likely N-dealkylation sites (tertiary alicyclic amines) is 1. The molecule has 2 saturated heterocycles. The van der Waals surface area contributed by atoms with Gasteiger partial charge in [0.25, 0.3) is 5.91 Å². The van der Waals surface area contributed by atoms with Crippen molar-refractivity contribution in [3.05, 3.63) is 53.9 Å². The molecule has 1 atom stereocenters. The molecule has 2 fully saturated rings. The minimum atomic E-state index is 0.161. The van der Waals surface area contributed by atoms with Crippen LogP contribution in [0, 0.1) is 12.8 Å². The Morgan fingerprint density at radius 1 is 1.15 bits per heavy atom. The van der Waals surface area contributed by atoms with E-state index in [1.54, 1.807) is 0 Å². The van der Waals surface area contributed by atoms with Crippen LogP contribution in [0.3, 0.4) is 0 Å². The highest BCUT2D eigenvalue weighted by Crippen LogP contribution is 2.24. The minimum Gasteiger partial charge on any atom is -0.379 e. The summed E-state index contributed by atoms with van der Waals surface area (Å²) in [5.41, 5.74) is 2.89. The summed E-state index contributed by atoms with van der Waals surface area (Å²) >= 11 is 0. The van der Waals surface area contributed by atoms with E-state index < -0.39 is 0 Å². The third-order valence-electron chi connectivity index (χ3n) is 5.69. The molecule has 0 radical (unpaired) electrons. The van der Waals surface area contributed by atoms with Crippen molar-refractivity contribution in [2.24, 2.45) is 5.92 Å². The molecule has 144 valence electrons. The molecule has 3 heterocycles. The van der Waals surface area contributed by atoms with E-state index >= 15 is 0 Å². The maximum Gasteiger partial charge on any atom is 0.256 e. The number of nitrogens with zero attached hydrogens (tertiary/aromatic N) is 3. The van der Waals surface area contributed by atoms with Crippen LogP contribution in [-0.4, -0.2) is 66.2 Å². The molecule has 0 unspecified atom stereocenters. The van der Waals surface area contributed by atoms with Crippen LogP contribution >= 0.6 is 0 Å². The zero-order chi connectivity index (χ0) is 18.6. The van der Waals surface area contributed by atoms with Crippen LogP contribution in [0.1, 0.15) is 28.8 Å². The third-order valence-corrected chi connectivity index (χ3v) is 5.69. The first-order chi connectivity index (χ1) is 13.2. The summed E-state index contributed by atoms with van der Waals surface area (Å²) in [4.78, 5) is 17.9. The molecule has 0 N–H and O–H groups in total. The Labute approximate surface area is 161 Å². The Bertz CT molecular complexity index is 766. The Morgan fingerprint density at radius 2 is 1.93 bits per heavy atom. The van der Waals surface area contributed by atoms with Crippen LogP contribution in [0.4, 0.5) is 0 Å². The number of aromatic nitrogens is 1. The van der Waals surface area contributed by atoms with Crippen molar-refractivity contribution >= 4 is 5.91 Å². The summed E-state index contributed by atoms with van der Waals surface area (Å²) in [6.07, 6.45) is 6.29. The molecule has 5 nitrogen and oxygen atoms in total. The number of morpholine rings is 1. The molecule has 0 saturated carbocycles. The van der Waals surface area contributed by atoms with Crippen LogP contribution < -0.4 is 0 Å². The molecule has 0 aliphatic carbocycles. The quantitative estimate of drug-likeness (QED) is 0.834. The third kappa shape index (κ3) is 4.25. The van der Waals surface area contributed by atoms with Crippen molar-refractivity contribution in [3.8, 4) is 5.69 Å². The molecule has 0 bridgehead atoms. The van der Waals surface area contributed by atoms with E-state index in [1.807, 2.05) is 42.1 Å². The van der Waals surface area contributed by atoms with Crippen molar-refractivity contribution < 1.29 is 9.53 Å². The standard InChI is InChI=1S/C22H29N3O2/c1-18-6-7-21(24-8-2-3-9-24)20(15-18)22(26)25-10-4-5-19(17-25)16-23-11-13-27-14-12-23/h2-3,6-9,15,19H,4-5,10-14,16-17H2,1H3/t19-/m1/s1. The van der Waals surface area contributed by atoms with Crippen molar-refractivity contribution in [1.82, 2.24) is 14.4 Å². The SMILES string of the molecule is Cc1ccc(-n2cccc2)c(C(=O)N2CCC[C@H](CN3CCOCC3)C2)c1. The van der Waals surface area contributed by atoms with Gasteiger partial charge in [-0.25, -0.2) is 0 Å². The maximum absolute atomic E-state index is 13.4. The molecule has 1 aromatic heterocycles. The molecule has 2 aliphatic rings. The fourth-order valence-corrected chi connectivity index (χ4v) is 4.26. The summed E-state index contributed by atoms with van der Waals surface area (Å²) in [7, 11) is 0. The second-order valence-corrected chi connectivity index (χ2v) is 7.78. The van der Waals surface area contributed by atoms with Crippen LogP contribution in [0.5, 0.6) is 0 Å². The number of rotatable bonds is 4. The summed E-state index contributed by atoms with van der Waals surface area (Å²) in [5.74, 6) is 0.717. The monoisotopic (exact) mass is 367 g/mol. The number of piperidine rings is 1. The number of hydrogen-bond acceptors (Lipinski definition) is 3. The van der Waals surface area contributed by atoms with Crippen LogP contribution in [0.25, 0.3) is 5.69 Å². The lowest BCUT2D eigenvalue weighted by Crippen LogP contribution is -2.46. The first-order valence-corrected chi connectivity index (χ1v) is 10.0. The first-order valence-electron chi connectivity index (χ1n) is 10.0. The van der Waals surface area contributed by atoms with Crippen LogP contribution in [0.15, 0.2) is 42.7 Å². The van der Waals surface area contributed by atoms with Gasteiger partial charge in [-0.05, 0) is 49.9 Å². The highest BCUT2D eigenvalue weighted by Gasteiger charge is 2.27. The minimum absolute atomic E-state index is 0.161. The summed E-state index contributed by atoms with van der Waals surface area (Å²) in [6, 6.07) is 10.1. The molecular weight excluding hydrogens is 338 g/mol. The molecule has 5 heteroatoms. The Hall–Kier alpha value is -2.11. The molecule has 4 rings (SSSR count). The van der Waals surface area contributed by atoms with E-state index in [4.69, 9.17) is 4.74 Å². The lowest BCUT2D eigenvalue weighted by molar-refractivity contribution is 0.0224. The van der Waals surface area contributed by atoms with Crippen molar-refractivity contribution in [2.45, 2.75) is 19.8 Å². The van der Waals surface area contributed by atoms with Gasteiger partial charge in [-0.3, -0.25) is 9.69 Å². The van der Waals surface area contributed by atoms with Crippen LogP contribution in [-0.2, 0) is 4.74 Å². The zero-order valence-corrected chi connectivity index (χ0v) is 16.1. The Morgan fingerprint density at radius 3 is 2.70 bits per heavy atom. The number of carbonyl (C=O) groups excluding carboxylic acids is 1. The molecule has 2 aromatic rings. The highest BCUT2D eigenvalue weighted by molar-refractivity contribution is 5.98. The van der Waals surface area contributed by atoms with E-state index in [0.29, 0.717) is 5.92 Å². The lowest BCUT2D eigenvalue weighted by Gasteiger charge is -2.37. The fourth-order valence-electron chi connectivity index (χ4n) is 4.26. The van der Waals surface area contributed by atoms with Gasteiger partial charge in [0.15, 0.2) is 0 Å². The smallest absolute Gasteiger partial charge is 0.256 e. The average Bonchev–Trinajstić information content (AvgIpc) is 3.23. The lowest BCUT2D eigenvalue weighted by atomic mass is 9.96. The van der Waals surface area contributed by atoms with Gasteiger partial charge in [-0.15, -0.1) is 0 Å². The summed E-state index contributed by atoms with van der Waals surface area (Å²) in [5, 5.41) is 0. The predicted molar refractivity (Wildman–Crippen MR) is 106 cm³/mol. The van der Waals surface area contributed by atoms with Gasteiger partial charge < -0.3 is 14.2 Å². The van der Waals surface area contributed by atoms with Gasteiger partial charge in [0.05, 0.1) is 24.5 Å². The van der Waals surface area contributed by atoms with E-state index in [2.05, 4.69) is 21.9 Å². The number of aryl methyl sites for hydroxylation is 1. The van der Waals surface area contributed by atoms with Crippen molar-refractivity contribution in [2.75, 3.05) is 45.9 Å². The topological polar surface area (TPSA) is 37.7 Å². The Kier molecular flexibility index (Phi) is 5.60.